The molecule has 0 aromatic heterocycles. The molecule has 2 fully saturated rings. The number of rotatable bonds is 2. The Kier molecular flexibility index (Phi) is 1.91. The minimum atomic E-state index is -0.240. The van der Waals surface area contributed by atoms with Crippen LogP contribution in [0, 0.1) is 0 Å². The lowest BCUT2D eigenvalue weighted by molar-refractivity contribution is -0.131. The van der Waals surface area contributed by atoms with Crippen molar-refractivity contribution in [1.29, 1.82) is 0 Å². The van der Waals surface area contributed by atoms with Gasteiger partial charge in [-0.15, -0.1) is 0 Å². The van der Waals surface area contributed by atoms with Gasteiger partial charge < -0.3 is 10.0 Å². The van der Waals surface area contributed by atoms with Gasteiger partial charge in [-0.25, -0.2) is 0 Å². The molecule has 2 rings (SSSR count). The molecule has 0 aromatic rings. The normalized spacial score (nSPS) is 36.7. The molecule has 2 aliphatic rings. The number of hydrogen-bond donors (Lipinski definition) is 1. The minimum Gasteiger partial charge on any atom is -0.394 e. The summed E-state index contributed by atoms with van der Waals surface area (Å²) in [7, 11) is 0. The van der Waals surface area contributed by atoms with Crippen LogP contribution in [0.2, 0.25) is 0 Å². The number of carbonyl (C=O) groups excluding carboxylic acids is 1. The van der Waals surface area contributed by atoms with E-state index in [0.717, 1.165) is 25.7 Å². The van der Waals surface area contributed by atoms with Crippen LogP contribution in [0.25, 0.3) is 0 Å². The molecule has 2 saturated heterocycles. The number of fused-ring (bicyclic) bond motifs is 2. The fourth-order valence-electron chi connectivity index (χ4n) is 2.77. The van der Waals surface area contributed by atoms with Crippen molar-refractivity contribution in [3.8, 4) is 0 Å². The second kappa shape index (κ2) is 2.84. The molecule has 3 heteroatoms. The van der Waals surface area contributed by atoms with E-state index in [0.29, 0.717) is 6.04 Å². The second-order valence-electron chi connectivity index (χ2n) is 4.03. The highest BCUT2D eigenvalue weighted by molar-refractivity contribution is 5.88. The molecule has 0 saturated carbocycles. The van der Waals surface area contributed by atoms with Crippen LogP contribution in [0.15, 0.2) is 12.7 Å². The van der Waals surface area contributed by atoms with Crippen LogP contribution in [0.5, 0.6) is 0 Å². The van der Waals surface area contributed by atoms with Crippen LogP contribution >= 0.6 is 0 Å². The van der Waals surface area contributed by atoms with Crippen molar-refractivity contribution < 1.29 is 9.90 Å². The first kappa shape index (κ1) is 8.75. The van der Waals surface area contributed by atoms with Crippen LogP contribution in [0.1, 0.15) is 25.7 Å². The molecule has 0 radical (unpaired) electrons. The Bertz CT molecular complexity index is 241. The molecule has 0 unspecified atom stereocenters. The fourth-order valence-corrected chi connectivity index (χ4v) is 2.77. The van der Waals surface area contributed by atoms with Gasteiger partial charge in [0.05, 0.1) is 12.1 Å². The van der Waals surface area contributed by atoms with Crippen molar-refractivity contribution in [2.45, 2.75) is 37.3 Å². The van der Waals surface area contributed by atoms with E-state index < -0.39 is 0 Å². The summed E-state index contributed by atoms with van der Waals surface area (Å²) in [5.74, 6) is -0.0194. The Hall–Kier alpha value is -0.830. The molecule has 0 aromatic carbocycles. The summed E-state index contributed by atoms with van der Waals surface area (Å²) >= 11 is 0. The number of aliphatic hydroxyl groups excluding tert-OH is 1. The first-order valence-corrected chi connectivity index (χ1v) is 4.80. The molecule has 0 atom stereocenters. The average molecular weight is 181 g/mol. The predicted octanol–water partition coefficient (Wildman–Crippen LogP) is 0.688. The summed E-state index contributed by atoms with van der Waals surface area (Å²) < 4.78 is 0. The first-order valence-electron chi connectivity index (χ1n) is 4.80. The van der Waals surface area contributed by atoms with Crippen LogP contribution in [0.3, 0.4) is 0 Å². The zero-order valence-corrected chi connectivity index (χ0v) is 7.70. The Balaban J connectivity index is 2.27. The summed E-state index contributed by atoms with van der Waals surface area (Å²) in [4.78, 5) is 13.4. The summed E-state index contributed by atoms with van der Waals surface area (Å²) in [5, 5.41) is 9.33. The number of amides is 1. The lowest BCUT2D eigenvalue weighted by atomic mass is 9.88. The largest absolute Gasteiger partial charge is 0.394 e. The second-order valence-corrected chi connectivity index (χ2v) is 4.03. The summed E-state index contributed by atoms with van der Waals surface area (Å²) in [6.45, 7) is 3.59. The third-order valence-electron chi connectivity index (χ3n) is 3.47. The third kappa shape index (κ3) is 1.03. The maximum absolute atomic E-state index is 11.5. The van der Waals surface area contributed by atoms with Gasteiger partial charge in [-0.2, -0.15) is 0 Å². The fraction of sp³-hybridized carbons (Fsp3) is 0.700. The van der Waals surface area contributed by atoms with E-state index >= 15 is 0 Å². The standard InChI is InChI=1S/C10H15NO2/c1-2-9(13)11-8-3-5-10(11,7-12)6-4-8/h2,8,12H,1,3-7H2. The third-order valence-corrected chi connectivity index (χ3v) is 3.47. The van der Waals surface area contributed by atoms with Crippen molar-refractivity contribution in [2.75, 3.05) is 6.61 Å². The number of hydrogen-bond acceptors (Lipinski definition) is 2. The lowest BCUT2D eigenvalue weighted by Crippen LogP contribution is -2.47. The van der Waals surface area contributed by atoms with E-state index in [9.17, 15) is 9.90 Å². The zero-order chi connectivity index (χ0) is 9.47. The van der Waals surface area contributed by atoms with Crippen LogP contribution in [-0.2, 0) is 4.79 Å². The van der Waals surface area contributed by atoms with Gasteiger partial charge in [0.2, 0.25) is 5.91 Å². The molecule has 72 valence electrons. The summed E-state index contributed by atoms with van der Waals surface area (Å²) in [6.07, 6.45) is 5.34. The SMILES string of the molecule is C=CC(=O)N1C2CCC1(CO)CC2. The number of carbonyl (C=O) groups is 1. The van der Waals surface area contributed by atoms with E-state index in [2.05, 4.69) is 6.58 Å². The quantitative estimate of drug-likeness (QED) is 0.637. The van der Waals surface area contributed by atoms with Crippen LogP contribution in [0.4, 0.5) is 0 Å². The topological polar surface area (TPSA) is 40.5 Å². The zero-order valence-electron chi connectivity index (χ0n) is 7.70. The number of nitrogens with zero attached hydrogens (tertiary/aromatic N) is 1. The minimum absolute atomic E-state index is 0.0194. The van der Waals surface area contributed by atoms with E-state index in [-0.39, 0.29) is 18.1 Å². The van der Waals surface area contributed by atoms with E-state index in [1.165, 1.54) is 6.08 Å². The van der Waals surface area contributed by atoms with Gasteiger partial charge in [0.15, 0.2) is 0 Å². The van der Waals surface area contributed by atoms with Crippen molar-refractivity contribution in [3.63, 3.8) is 0 Å². The van der Waals surface area contributed by atoms with E-state index in [1.807, 2.05) is 4.90 Å². The smallest absolute Gasteiger partial charge is 0.246 e. The first-order chi connectivity index (χ1) is 6.23. The molecule has 2 heterocycles. The highest BCUT2D eigenvalue weighted by Gasteiger charge is 2.52. The lowest BCUT2D eigenvalue weighted by Gasteiger charge is -2.32. The number of aliphatic hydroxyl groups is 1. The molecular weight excluding hydrogens is 166 g/mol. The van der Waals surface area contributed by atoms with Crippen molar-refractivity contribution in [2.24, 2.45) is 0 Å². The maximum Gasteiger partial charge on any atom is 0.246 e. The Labute approximate surface area is 78.0 Å². The molecule has 0 spiro atoms. The van der Waals surface area contributed by atoms with E-state index in [1.54, 1.807) is 0 Å². The van der Waals surface area contributed by atoms with Gasteiger partial charge in [0, 0.05) is 6.04 Å². The van der Waals surface area contributed by atoms with Gasteiger partial charge in [-0.3, -0.25) is 4.79 Å². The van der Waals surface area contributed by atoms with Crippen molar-refractivity contribution >= 4 is 5.91 Å². The Morgan fingerprint density at radius 2 is 2.23 bits per heavy atom. The van der Waals surface area contributed by atoms with Gasteiger partial charge in [0.1, 0.15) is 0 Å². The molecule has 2 aliphatic heterocycles. The van der Waals surface area contributed by atoms with E-state index in [4.69, 9.17) is 0 Å². The molecule has 0 aliphatic carbocycles. The van der Waals surface area contributed by atoms with Crippen LogP contribution in [-0.4, -0.2) is 34.1 Å². The molecule has 1 amide bonds. The Morgan fingerprint density at radius 1 is 1.62 bits per heavy atom. The van der Waals surface area contributed by atoms with Gasteiger partial charge >= 0.3 is 0 Å². The van der Waals surface area contributed by atoms with Gasteiger partial charge in [0.25, 0.3) is 0 Å². The average Bonchev–Trinajstić information content (AvgIpc) is 2.72. The molecule has 2 bridgehead atoms. The maximum atomic E-state index is 11.5. The Morgan fingerprint density at radius 3 is 2.69 bits per heavy atom. The van der Waals surface area contributed by atoms with Gasteiger partial charge in [-0.05, 0) is 31.8 Å². The van der Waals surface area contributed by atoms with Crippen molar-refractivity contribution in [1.82, 2.24) is 4.90 Å². The molecule has 13 heavy (non-hydrogen) atoms. The van der Waals surface area contributed by atoms with Gasteiger partial charge in [-0.1, -0.05) is 6.58 Å². The monoisotopic (exact) mass is 181 g/mol. The molecule has 1 N–H and O–H groups in total. The summed E-state index contributed by atoms with van der Waals surface area (Å²) in [5.41, 5.74) is -0.240. The van der Waals surface area contributed by atoms with Crippen LogP contribution < -0.4 is 0 Å². The molecule has 3 nitrogen and oxygen atoms in total. The summed E-state index contributed by atoms with van der Waals surface area (Å²) in [6, 6.07) is 0.359. The van der Waals surface area contributed by atoms with Crippen molar-refractivity contribution in [3.05, 3.63) is 12.7 Å². The highest BCUT2D eigenvalue weighted by atomic mass is 16.3. The predicted molar refractivity (Wildman–Crippen MR) is 49.1 cm³/mol. The molecular formula is C10H15NO2. The highest BCUT2D eigenvalue weighted by Crippen LogP contribution is 2.46.